The molecule has 5 heteroatoms. The molecule has 0 amide bonds. The Balaban J connectivity index is 2.10. The van der Waals surface area contributed by atoms with Crippen molar-refractivity contribution in [3.63, 3.8) is 0 Å². The first kappa shape index (κ1) is 12.2. The molecule has 0 saturated heterocycles. The Labute approximate surface area is 116 Å². The molecule has 1 aromatic carbocycles. The summed E-state index contributed by atoms with van der Waals surface area (Å²) < 4.78 is 11.1. The standard InChI is InChI=1S/C14H13ClN2O2/c1-8-9(2)14(15)17-16-13(8)10-3-4-11-12(7-10)19-6-5-18-11/h3-4,7H,5-6H2,1-2H3. The normalized spacial score (nSPS) is 13.4. The fourth-order valence-electron chi connectivity index (χ4n) is 2.04. The van der Waals surface area contributed by atoms with Gasteiger partial charge in [0, 0.05) is 5.56 Å². The number of benzene rings is 1. The van der Waals surface area contributed by atoms with Crippen molar-refractivity contribution in [1.29, 1.82) is 0 Å². The summed E-state index contributed by atoms with van der Waals surface area (Å²) in [7, 11) is 0. The average molecular weight is 277 g/mol. The zero-order valence-corrected chi connectivity index (χ0v) is 11.5. The van der Waals surface area contributed by atoms with Gasteiger partial charge in [-0.2, -0.15) is 0 Å². The second kappa shape index (κ2) is 4.70. The molecule has 1 aliphatic rings. The van der Waals surface area contributed by atoms with Crippen molar-refractivity contribution >= 4 is 11.6 Å². The summed E-state index contributed by atoms with van der Waals surface area (Å²) in [4.78, 5) is 0. The van der Waals surface area contributed by atoms with Gasteiger partial charge in [0.2, 0.25) is 0 Å². The number of ether oxygens (including phenoxy) is 2. The van der Waals surface area contributed by atoms with Gasteiger partial charge >= 0.3 is 0 Å². The summed E-state index contributed by atoms with van der Waals surface area (Å²) in [6.45, 7) is 5.09. The number of rotatable bonds is 1. The predicted molar refractivity (Wildman–Crippen MR) is 72.9 cm³/mol. The van der Waals surface area contributed by atoms with Crippen LogP contribution in [0, 0.1) is 13.8 Å². The van der Waals surface area contributed by atoms with Gasteiger partial charge in [0.15, 0.2) is 16.7 Å². The molecule has 1 aromatic heterocycles. The van der Waals surface area contributed by atoms with Crippen molar-refractivity contribution in [2.75, 3.05) is 13.2 Å². The lowest BCUT2D eigenvalue weighted by molar-refractivity contribution is 0.171. The fourth-order valence-corrected chi connectivity index (χ4v) is 2.22. The van der Waals surface area contributed by atoms with Gasteiger partial charge in [0.1, 0.15) is 13.2 Å². The Hall–Kier alpha value is -1.81. The van der Waals surface area contributed by atoms with Crippen LogP contribution in [0.4, 0.5) is 0 Å². The molecule has 2 aromatic rings. The highest BCUT2D eigenvalue weighted by Gasteiger charge is 2.15. The van der Waals surface area contributed by atoms with E-state index >= 15 is 0 Å². The van der Waals surface area contributed by atoms with Crippen LogP contribution in [0.15, 0.2) is 18.2 Å². The molecule has 1 aliphatic heterocycles. The molecule has 98 valence electrons. The molecule has 0 N–H and O–H groups in total. The maximum Gasteiger partial charge on any atom is 0.162 e. The Morgan fingerprint density at radius 2 is 1.74 bits per heavy atom. The van der Waals surface area contributed by atoms with Crippen LogP contribution in [0.5, 0.6) is 11.5 Å². The van der Waals surface area contributed by atoms with Gasteiger partial charge in [0.05, 0.1) is 5.69 Å². The smallest absolute Gasteiger partial charge is 0.162 e. The van der Waals surface area contributed by atoms with E-state index in [0.717, 1.165) is 33.9 Å². The summed E-state index contributed by atoms with van der Waals surface area (Å²) >= 11 is 5.97. The third kappa shape index (κ3) is 2.12. The van der Waals surface area contributed by atoms with Crippen LogP contribution in [0.3, 0.4) is 0 Å². The Morgan fingerprint density at radius 1 is 1.00 bits per heavy atom. The van der Waals surface area contributed by atoms with Crippen molar-refractivity contribution in [2.24, 2.45) is 0 Å². The Bertz CT molecular complexity index is 644. The lowest BCUT2D eigenvalue weighted by Gasteiger charge is -2.19. The van der Waals surface area contributed by atoms with Crippen LogP contribution in [0.2, 0.25) is 5.15 Å². The number of fused-ring (bicyclic) bond motifs is 1. The largest absolute Gasteiger partial charge is 0.486 e. The van der Waals surface area contributed by atoms with Crippen molar-refractivity contribution < 1.29 is 9.47 Å². The maximum atomic E-state index is 5.97. The van der Waals surface area contributed by atoms with Gasteiger partial charge in [-0.1, -0.05) is 11.6 Å². The molecule has 0 radical (unpaired) electrons. The minimum absolute atomic E-state index is 0.443. The Kier molecular flexibility index (Phi) is 3.03. The molecule has 0 aliphatic carbocycles. The van der Waals surface area contributed by atoms with E-state index in [-0.39, 0.29) is 0 Å². The first-order valence-corrected chi connectivity index (χ1v) is 6.44. The first-order chi connectivity index (χ1) is 9.16. The molecule has 4 nitrogen and oxygen atoms in total. The SMILES string of the molecule is Cc1c(Cl)nnc(-c2ccc3c(c2)OCCO3)c1C. The summed E-state index contributed by atoms with van der Waals surface area (Å²) in [6, 6.07) is 5.78. The van der Waals surface area contributed by atoms with E-state index in [1.165, 1.54) is 0 Å². The quantitative estimate of drug-likeness (QED) is 0.802. The molecule has 2 heterocycles. The van der Waals surface area contributed by atoms with Gasteiger partial charge in [-0.05, 0) is 43.2 Å². The number of halogens is 1. The van der Waals surface area contributed by atoms with Crippen LogP contribution in [0.25, 0.3) is 11.3 Å². The van der Waals surface area contributed by atoms with E-state index < -0.39 is 0 Å². The fraction of sp³-hybridized carbons (Fsp3) is 0.286. The summed E-state index contributed by atoms with van der Waals surface area (Å²) in [5.41, 5.74) is 3.74. The molecule has 0 spiro atoms. The van der Waals surface area contributed by atoms with Gasteiger partial charge < -0.3 is 9.47 Å². The lowest BCUT2D eigenvalue weighted by atomic mass is 10.0. The predicted octanol–water partition coefficient (Wildman–Crippen LogP) is 3.19. The van der Waals surface area contributed by atoms with Gasteiger partial charge in [0.25, 0.3) is 0 Å². The summed E-state index contributed by atoms with van der Waals surface area (Å²) in [5, 5.41) is 8.59. The minimum Gasteiger partial charge on any atom is -0.486 e. The highest BCUT2D eigenvalue weighted by atomic mass is 35.5. The number of nitrogens with zero attached hydrogens (tertiary/aromatic N) is 2. The number of hydrogen-bond donors (Lipinski definition) is 0. The van der Waals surface area contributed by atoms with E-state index in [9.17, 15) is 0 Å². The maximum absolute atomic E-state index is 5.97. The second-order valence-corrected chi connectivity index (χ2v) is 4.81. The van der Waals surface area contributed by atoms with E-state index in [0.29, 0.717) is 18.4 Å². The molecule has 3 rings (SSSR count). The van der Waals surface area contributed by atoms with Crippen molar-refractivity contribution in [3.05, 3.63) is 34.5 Å². The third-order valence-corrected chi connectivity index (χ3v) is 3.64. The minimum atomic E-state index is 0.443. The van der Waals surface area contributed by atoms with E-state index in [2.05, 4.69) is 10.2 Å². The number of aromatic nitrogens is 2. The highest BCUT2D eigenvalue weighted by Crippen LogP contribution is 2.35. The zero-order valence-electron chi connectivity index (χ0n) is 10.7. The molecular formula is C14H13ClN2O2. The third-order valence-electron chi connectivity index (χ3n) is 3.28. The van der Waals surface area contributed by atoms with E-state index in [4.69, 9.17) is 21.1 Å². The van der Waals surface area contributed by atoms with Crippen molar-refractivity contribution in [2.45, 2.75) is 13.8 Å². The first-order valence-electron chi connectivity index (χ1n) is 6.06. The molecule has 0 saturated carbocycles. The van der Waals surface area contributed by atoms with Gasteiger partial charge in [-0.25, -0.2) is 0 Å². The molecule has 0 bridgehead atoms. The van der Waals surface area contributed by atoms with Gasteiger partial charge in [-0.3, -0.25) is 0 Å². The van der Waals surface area contributed by atoms with Crippen LogP contribution >= 0.6 is 11.6 Å². The average Bonchev–Trinajstić information content (AvgIpc) is 2.44. The number of hydrogen-bond acceptors (Lipinski definition) is 4. The summed E-state index contributed by atoms with van der Waals surface area (Å²) in [5.74, 6) is 1.52. The lowest BCUT2D eigenvalue weighted by Crippen LogP contribution is -2.15. The molecule has 19 heavy (non-hydrogen) atoms. The van der Waals surface area contributed by atoms with E-state index in [1.807, 2.05) is 32.0 Å². The van der Waals surface area contributed by atoms with Crippen molar-refractivity contribution in [3.8, 4) is 22.8 Å². The van der Waals surface area contributed by atoms with E-state index in [1.54, 1.807) is 0 Å². The molecular weight excluding hydrogens is 264 g/mol. The van der Waals surface area contributed by atoms with Crippen LogP contribution < -0.4 is 9.47 Å². The molecule has 0 fully saturated rings. The molecule has 0 atom stereocenters. The van der Waals surface area contributed by atoms with Crippen molar-refractivity contribution in [1.82, 2.24) is 10.2 Å². The Morgan fingerprint density at radius 3 is 2.53 bits per heavy atom. The van der Waals surface area contributed by atoms with Crippen LogP contribution in [0.1, 0.15) is 11.1 Å². The van der Waals surface area contributed by atoms with Crippen LogP contribution in [-0.4, -0.2) is 23.4 Å². The highest BCUT2D eigenvalue weighted by molar-refractivity contribution is 6.30. The topological polar surface area (TPSA) is 44.2 Å². The van der Waals surface area contributed by atoms with Crippen LogP contribution in [-0.2, 0) is 0 Å². The molecule has 0 unspecified atom stereocenters. The monoisotopic (exact) mass is 276 g/mol. The second-order valence-electron chi connectivity index (χ2n) is 4.45. The zero-order chi connectivity index (χ0) is 13.4. The van der Waals surface area contributed by atoms with Gasteiger partial charge in [-0.15, -0.1) is 10.2 Å². The summed E-state index contributed by atoms with van der Waals surface area (Å²) in [6.07, 6.45) is 0.